The number of carbonyl (C=O) groups is 2. The minimum atomic E-state index is -1.21. The van der Waals surface area contributed by atoms with Crippen molar-refractivity contribution >= 4 is 11.7 Å². The summed E-state index contributed by atoms with van der Waals surface area (Å²) in [4.78, 5) is 26.5. The maximum Gasteiger partial charge on any atom is 0.225 e. The number of benzene rings is 1. The summed E-state index contributed by atoms with van der Waals surface area (Å²) in [6.07, 6.45) is 12.6. The van der Waals surface area contributed by atoms with E-state index >= 15 is 0 Å². The van der Waals surface area contributed by atoms with Gasteiger partial charge in [-0.05, 0) is 106 Å². The van der Waals surface area contributed by atoms with Crippen LogP contribution in [0.4, 0.5) is 0 Å². The highest BCUT2D eigenvalue weighted by atomic mass is 16.5. The molecule has 0 aromatic heterocycles. The van der Waals surface area contributed by atoms with Crippen molar-refractivity contribution in [3.63, 3.8) is 0 Å². The van der Waals surface area contributed by atoms with Crippen LogP contribution in [-0.4, -0.2) is 58.5 Å². The Kier molecular flexibility index (Phi) is 12.8. The third-order valence-corrected chi connectivity index (χ3v) is 11.9. The SMILES string of the molecule is C=C1C=CC=C(C2CCC3(C(CCCO)C(=C(C)C(=O)Cc4cccc5c4CC(=O)NC5N)CCC3(C)O)C2O)COCC#CCC(C)=CCC1. The molecular formula is C43H56N2O6. The van der Waals surface area contributed by atoms with E-state index < -0.39 is 23.3 Å². The van der Waals surface area contributed by atoms with Crippen molar-refractivity contribution < 1.29 is 29.6 Å². The predicted octanol–water partition coefficient (Wildman–Crippen LogP) is 5.62. The van der Waals surface area contributed by atoms with Crippen molar-refractivity contribution in [2.45, 2.75) is 109 Å². The lowest BCUT2D eigenvalue weighted by molar-refractivity contribution is -0.167. The highest BCUT2D eigenvalue weighted by molar-refractivity contribution is 5.97. The van der Waals surface area contributed by atoms with Gasteiger partial charge in [-0.1, -0.05) is 77.6 Å². The molecule has 8 nitrogen and oxygen atoms in total. The fourth-order valence-electron chi connectivity index (χ4n) is 9.06. The molecule has 4 aliphatic rings. The lowest BCUT2D eigenvalue weighted by Crippen LogP contribution is -2.59. The summed E-state index contributed by atoms with van der Waals surface area (Å²) in [5.41, 5.74) is 11.2. The van der Waals surface area contributed by atoms with Crippen LogP contribution in [0.2, 0.25) is 0 Å². The van der Waals surface area contributed by atoms with Gasteiger partial charge in [0.15, 0.2) is 5.78 Å². The minimum Gasteiger partial charge on any atom is -0.396 e. The Hall–Kier alpha value is -3.58. The second kappa shape index (κ2) is 16.8. The van der Waals surface area contributed by atoms with Crippen LogP contribution in [0.1, 0.15) is 101 Å². The molecule has 51 heavy (non-hydrogen) atoms. The summed E-state index contributed by atoms with van der Waals surface area (Å²) < 4.78 is 6.05. The summed E-state index contributed by atoms with van der Waals surface area (Å²) in [6, 6.07) is 5.64. The van der Waals surface area contributed by atoms with Crippen molar-refractivity contribution in [1.82, 2.24) is 5.32 Å². The molecule has 1 spiro atoms. The van der Waals surface area contributed by atoms with Crippen LogP contribution >= 0.6 is 0 Å². The molecular weight excluding hydrogens is 640 g/mol. The van der Waals surface area contributed by atoms with E-state index in [9.17, 15) is 24.9 Å². The quantitative estimate of drug-likeness (QED) is 0.142. The molecule has 6 N–H and O–H groups in total. The zero-order chi connectivity index (χ0) is 36.8. The molecule has 5 rings (SSSR count). The number of ether oxygens (including phenoxy) is 1. The van der Waals surface area contributed by atoms with Gasteiger partial charge in [-0.3, -0.25) is 9.59 Å². The maximum absolute atomic E-state index is 14.1. The van der Waals surface area contributed by atoms with Gasteiger partial charge < -0.3 is 31.1 Å². The first-order valence-electron chi connectivity index (χ1n) is 18.5. The Labute approximate surface area is 303 Å². The number of fused-ring (bicyclic) bond motifs is 1. The number of carbonyl (C=O) groups excluding carboxylic acids is 2. The number of rotatable bonds is 7. The average molecular weight is 697 g/mol. The van der Waals surface area contributed by atoms with Gasteiger partial charge in [0.05, 0.1) is 24.7 Å². The number of allylic oxidation sites excluding steroid dienone is 8. The van der Waals surface area contributed by atoms with Crippen molar-refractivity contribution in [3.05, 3.63) is 93.6 Å². The van der Waals surface area contributed by atoms with Crippen LogP contribution in [0.25, 0.3) is 0 Å². The number of hydrogen-bond donors (Lipinski definition) is 5. The van der Waals surface area contributed by atoms with E-state index in [0.29, 0.717) is 57.1 Å². The lowest BCUT2D eigenvalue weighted by atomic mass is 9.52. The smallest absolute Gasteiger partial charge is 0.225 e. The van der Waals surface area contributed by atoms with E-state index in [1.807, 2.05) is 50.3 Å². The second-order valence-corrected chi connectivity index (χ2v) is 15.2. The van der Waals surface area contributed by atoms with Gasteiger partial charge in [0.1, 0.15) is 12.8 Å². The summed E-state index contributed by atoms with van der Waals surface area (Å²) in [5, 5.41) is 37.5. The zero-order valence-corrected chi connectivity index (χ0v) is 30.6. The van der Waals surface area contributed by atoms with Crippen LogP contribution in [0.15, 0.2) is 76.9 Å². The monoisotopic (exact) mass is 696 g/mol. The maximum atomic E-state index is 14.1. The number of aliphatic hydroxyl groups excluding tert-OH is 2. The molecule has 2 saturated carbocycles. The van der Waals surface area contributed by atoms with Crippen molar-refractivity contribution in [2.75, 3.05) is 19.8 Å². The molecule has 2 fully saturated rings. The Balaban J connectivity index is 1.47. The van der Waals surface area contributed by atoms with Gasteiger partial charge in [-0.2, -0.15) is 0 Å². The summed E-state index contributed by atoms with van der Waals surface area (Å²) in [5.74, 6) is 5.49. The van der Waals surface area contributed by atoms with Crippen LogP contribution in [0, 0.1) is 29.1 Å². The zero-order valence-electron chi connectivity index (χ0n) is 30.6. The number of nitrogens with one attached hydrogen (secondary N) is 1. The number of ketones is 1. The number of Topliss-reactive ketones (excluding diaryl/α,β-unsaturated/α-hetero) is 1. The second-order valence-electron chi connectivity index (χ2n) is 15.2. The Morgan fingerprint density at radius 1 is 1.22 bits per heavy atom. The Morgan fingerprint density at radius 3 is 2.80 bits per heavy atom. The standard InChI is InChI=1S/C43H56N2O6/c1-28-11-5-6-24-51-27-32(16-8-14-29(2)13-7-12-28)34-20-22-43(40(34)49)37(18-10-23-46)33(19-21-42(43,4)50)30(3)38(47)25-31-15-9-17-35-36(31)26-39(48)45-41(35)44/h8-9,12,14-17,34,37,40-41,46,49-50H,2,7,10-11,13,18-27,44H2,1,3-4H3,(H,45,48). The molecule has 274 valence electrons. The molecule has 1 aromatic rings. The molecule has 1 amide bonds. The molecule has 2 aliphatic carbocycles. The van der Waals surface area contributed by atoms with Gasteiger partial charge in [0.2, 0.25) is 5.91 Å². The molecule has 6 atom stereocenters. The Morgan fingerprint density at radius 2 is 2.02 bits per heavy atom. The van der Waals surface area contributed by atoms with E-state index in [4.69, 9.17) is 10.5 Å². The first-order chi connectivity index (χ1) is 24.4. The third kappa shape index (κ3) is 8.40. The van der Waals surface area contributed by atoms with Crippen molar-refractivity contribution in [3.8, 4) is 11.8 Å². The Bertz CT molecular complexity index is 1690. The van der Waals surface area contributed by atoms with Crippen LogP contribution < -0.4 is 11.1 Å². The molecule has 0 saturated heterocycles. The van der Waals surface area contributed by atoms with Crippen molar-refractivity contribution in [1.29, 1.82) is 0 Å². The number of aliphatic hydroxyl groups is 3. The molecule has 6 unspecified atom stereocenters. The van der Waals surface area contributed by atoms with E-state index in [1.165, 1.54) is 5.57 Å². The van der Waals surface area contributed by atoms with Crippen LogP contribution in [0.3, 0.4) is 0 Å². The number of nitrogens with two attached hydrogens (primary N) is 1. The first kappa shape index (κ1) is 38.6. The highest BCUT2D eigenvalue weighted by Gasteiger charge is 2.64. The van der Waals surface area contributed by atoms with E-state index in [1.54, 1.807) is 0 Å². The van der Waals surface area contributed by atoms with Crippen LogP contribution in [0.5, 0.6) is 0 Å². The molecule has 0 bridgehead atoms. The van der Waals surface area contributed by atoms with Gasteiger partial charge in [-0.25, -0.2) is 0 Å². The normalized spacial score (nSPS) is 31.4. The summed E-state index contributed by atoms with van der Waals surface area (Å²) in [7, 11) is 0. The molecule has 8 heteroatoms. The fraction of sp³-hybridized carbons (Fsp3) is 0.535. The summed E-state index contributed by atoms with van der Waals surface area (Å²) >= 11 is 0. The first-order valence-corrected chi connectivity index (χ1v) is 18.5. The third-order valence-electron chi connectivity index (χ3n) is 11.9. The topological polar surface area (TPSA) is 142 Å². The van der Waals surface area contributed by atoms with E-state index in [2.05, 4.69) is 36.7 Å². The number of hydrogen-bond acceptors (Lipinski definition) is 7. The molecule has 2 heterocycles. The molecule has 0 radical (unpaired) electrons. The van der Waals surface area contributed by atoms with Gasteiger partial charge in [-0.15, -0.1) is 0 Å². The minimum absolute atomic E-state index is 0.0310. The predicted molar refractivity (Wildman–Crippen MR) is 200 cm³/mol. The van der Waals surface area contributed by atoms with Crippen molar-refractivity contribution in [2.24, 2.45) is 23.0 Å². The lowest BCUT2D eigenvalue weighted by Gasteiger charge is -2.55. The van der Waals surface area contributed by atoms with E-state index in [-0.39, 0.29) is 49.6 Å². The van der Waals surface area contributed by atoms with Gasteiger partial charge in [0, 0.05) is 30.8 Å². The van der Waals surface area contributed by atoms with Gasteiger partial charge in [0.25, 0.3) is 0 Å². The van der Waals surface area contributed by atoms with Crippen LogP contribution in [-0.2, 0) is 27.2 Å². The molecule has 2 aliphatic heterocycles. The fourth-order valence-corrected chi connectivity index (χ4v) is 9.06. The van der Waals surface area contributed by atoms with Gasteiger partial charge >= 0.3 is 0 Å². The number of amides is 1. The highest BCUT2D eigenvalue weighted by Crippen LogP contribution is 2.63. The average Bonchev–Trinajstić information content (AvgIpc) is 3.43. The largest absolute Gasteiger partial charge is 0.396 e. The van der Waals surface area contributed by atoms with E-state index in [0.717, 1.165) is 46.3 Å². The molecule has 1 aromatic carbocycles. The summed E-state index contributed by atoms with van der Waals surface area (Å²) in [6.45, 7) is 10.5.